The Labute approximate surface area is 173 Å². The van der Waals surface area contributed by atoms with Crippen molar-refractivity contribution >= 4 is 26.7 Å². The third-order valence-corrected chi connectivity index (χ3v) is 6.34. The lowest BCUT2D eigenvalue weighted by molar-refractivity contribution is 0.551. The van der Waals surface area contributed by atoms with E-state index < -0.39 is 26.6 Å². The van der Waals surface area contributed by atoms with Crippen molar-refractivity contribution in [3.63, 3.8) is 0 Å². The highest BCUT2D eigenvalue weighted by Gasteiger charge is 2.21. The predicted molar refractivity (Wildman–Crippen MR) is 112 cm³/mol. The largest absolute Gasteiger partial charge is 0.331 e. The molecular weight excluding hydrogens is 408 g/mol. The molecule has 0 saturated heterocycles. The molecule has 0 aliphatic rings. The van der Waals surface area contributed by atoms with Gasteiger partial charge >= 0.3 is 0 Å². The minimum Gasteiger partial charge on any atom is -0.331 e. The normalized spacial score (nSPS) is 11.7. The maximum absolute atomic E-state index is 14.0. The summed E-state index contributed by atoms with van der Waals surface area (Å²) in [4.78, 5) is 4.04. The van der Waals surface area contributed by atoms with E-state index in [-0.39, 0.29) is 0 Å². The van der Waals surface area contributed by atoms with Gasteiger partial charge in [0.2, 0.25) is 0 Å². The van der Waals surface area contributed by atoms with E-state index in [1.165, 1.54) is 0 Å². The van der Waals surface area contributed by atoms with Gasteiger partial charge in [-0.2, -0.15) is 0 Å². The van der Waals surface area contributed by atoms with Gasteiger partial charge in [-0.1, -0.05) is 30.3 Å². The van der Waals surface area contributed by atoms with Crippen LogP contribution in [0.25, 0.3) is 11.0 Å². The van der Waals surface area contributed by atoms with Gasteiger partial charge in [-0.05, 0) is 42.3 Å². The smallest absolute Gasteiger partial charge is 0.264 e. The number of benzene rings is 3. The Morgan fingerprint density at radius 2 is 1.70 bits per heavy atom. The van der Waals surface area contributed by atoms with Crippen LogP contribution < -0.4 is 4.72 Å². The van der Waals surface area contributed by atoms with Gasteiger partial charge in [0.15, 0.2) is 0 Å². The topological polar surface area (TPSA) is 64.0 Å². The van der Waals surface area contributed by atoms with E-state index in [0.717, 1.165) is 34.6 Å². The number of hydrogen-bond donors (Lipinski definition) is 1. The second-order valence-electron chi connectivity index (χ2n) is 6.91. The van der Waals surface area contributed by atoms with Crippen LogP contribution in [-0.2, 0) is 29.9 Å². The summed E-state index contributed by atoms with van der Waals surface area (Å²) in [6, 6.07) is 17.1. The van der Waals surface area contributed by atoms with Gasteiger partial charge in [-0.25, -0.2) is 22.2 Å². The zero-order chi connectivity index (χ0) is 21.3. The maximum atomic E-state index is 14.0. The molecule has 5 nitrogen and oxygen atoms in total. The predicted octanol–water partition coefficient (Wildman–Crippen LogP) is 4.44. The molecule has 4 aromatic rings. The van der Waals surface area contributed by atoms with Crippen LogP contribution in [0.3, 0.4) is 0 Å². The number of fused-ring (bicyclic) bond motifs is 1. The monoisotopic (exact) mass is 427 g/mol. The lowest BCUT2D eigenvalue weighted by Gasteiger charge is -2.13. The van der Waals surface area contributed by atoms with Gasteiger partial charge in [0.1, 0.15) is 22.4 Å². The molecule has 0 atom stereocenters. The third-order valence-electron chi connectivity index (χ3n) is 4.94. The molecule has 0 fully saturated rings. The number of aromatic nitrogens is 2. The van der Waals surface area contributed by atoms with Crippen molar-refractivity contribution in [2.75, 3.05) is 4.72 Å². The Bertz CT molecular complexity index is 1330. The van der Waals surface area contributed by atoms with Gasteiger partial charge in [0, 0.05) is 19.5 Å². The number of aryl methyl sites for hydroxylation is 3. The number of halogens is 2. The highest BCUT2D eigenvalue weighted by molar-refractivity contribution is 7.92. The number of imidazole rings is 1. The summed E-state index contributed by atoms with van der Waals surface area (Å²) in [5.74, 6) is -1.10. The Hall–Kier alpha value is -3.26. The molecule has 3 aromatic carbocycles. The molecule has 0 spiro atoms. The van der Waals surface area contributed by atoms with Crippen molar-refractivity contribution in [1.29, 1.82) is 0 Å². The van der Waals surface area contributed by atoms with E-state index in [4.69, 9.17) is 0 Å². The molecule has 0 amide bonds. The van der Waals surface area contributed by atoms with Crippen molar-refractivity contribution in [2.45, 2.75) is 17.7 Å². The molecule has 0 bridgehead atoms. The fraction of sp³-hybridized carbons (Fsp3) is 0.136. The van der Waals surface area contributed by atoms with Crippen LogP contribution in [0, 0.1) is 11.6 Å². The first-order valence-electron chi connectivity index (χ1n) is 9.31. The summed E-state index contributed by atoms with van der Waals surface area (Å²) in [5, 5.41) is 0. The van der Waals surface area contributed by atoms with E-state index in [1.807, 2.05) is 41.9 Å². The first kappa shape index (κ1) is 20.0. The van der Waals surface area contributed by atoms with Crippen molar-refractivity contribution in [3.8, 4) is 0 Å². The first-order valence-corrected chi connectivity index (χ1v) is 10.8. The standard InChI is InChI=1S/C22H19F2N3O2S/c1-27-20-9-5-4-8-19(20)25-22(27)13-10-15-6-2-3-7-18(15)26-30(28,29)21-12-11-16(23)14-17(21)24/h2-9,11-12,14,26H,10,13H2,1H3. The molecule has 1 aromatic heterocycles. The molecule has 0 aliphatic carbocycles. The molecule has 0 aliphatic heterocycles. The van der Waals surface area contributed by atoms with Crippen molar-refractivity contribution in [3.05, 3.63) is 89.8 Å². The average molecular weight is 427 g/mol. The van der Waals surface area contributed by atoms with Crippen LogP contribution in [-0.4, -0.2) is 18.0 Å². The van der Waals surface area contributed by atoms with E-state index in [1.54, 1.807) is 18.2 Å². The van der Waals surface area contributed by atoms with Crippen molar-refractivity contribution < 1.29 is 17.2 Å². The lowest BCUT2D eigenvalue weighted by Crippen LogP contribution is -2.16. The number of nitrogens with one attached hydrogen (secondary N) is 1. The van der Waals surface area contributed by atoms with Gasteiger partial charge < -0.3 is 4.57 Å². The molecule has 1 N–H and O–H groups in total. The third kappa shape index (κ3) is 3.91. The second-order valence-corrected chi connectivity index (χ2v) is 8.56. The molecule has 4 rings (SSSR count). The van der Waals surface area contributed by atoms with Crippen LogP contribution in [0.4, 0.5) is 14.5 Å². The fourth-order valence-electron chi connectivity index (χ4n) is 3.40. The summed E-state index contributed by atoms with van der Waals surface area (Å²) in [7, 11) is -2.27. The molecule has 8 heteroatoms. The summed E-state index contributed by atoms with van der Waals surface area (Å²) in [5.41, 5.74) is 3.01. The molecular formula is C22H19F2N3O2S. The summed E-state index contributed by atoms with van der Waals surface area (Å²) in [6.07, 6.45) is 1.12. The number of rotatable bonds is 6. The Balaban J connectivity index is 1.58. The average Bonchev–Trinajstić information content (AvgIpc) is 3.03. The highest BCUT2D eigenvalue weighted by Crippen LogP contribution is 2.24. The van der Waals surface area contributed by atoms with Crippen molar-refractivity contribution in [1.82, 2.24) is 9.55 Å². The maximum Gasteiger partial charge on any atom is 0.264 e. The molecule has 154 valence electrons. The molecule has 0 unspecified atom stereocenters. The summed E-state index contributed by atoms with van der Waals surface area (Å²) < 4.78 is 56.8. The van der Waals surface area contributed by atoms with Crippen LogP contribution >= 0.6 is 0 Å². The van der Waals surface area contributed by atoms with Gasteiger partial charge in [0.05, 0.1) is 16.7 Å². The van der Waals surface area contributed by atoms with Gasteiger partial charge in [-0.15, -0.1) is 0 Å². The van der Waals surface area contributed by atoms with Crippen LogP contribution in [0.1, 0.15) is 11.4 Å². The molecule has 30 heavy (non-hydrogen) atoms. The van der Waals surface area contributed by atoms with Gasteiger partial charge in [-0.3, -0.25) is 4.72 Å². The fourth-order valence-corrected chi connectivity index (χ4v) is 4.56. The molecule has 0 radical (unpaired) electrons. The number of nitrogens with zero attached hydrogens (tertiary/aromatic N) is 2. The minimum absolute atomic E-state index is 0.347. The van der Waals surface area contributed by atoms with Crippen LogP contribution in [0.2, 0.25) is 0 Å². The zero-order valence-corrected chi connectivity index (χ0v) is 17.0. The molecule has 0 saturated carbocycles. The number of sulfonamides is 1. The highest BCUT2D eigenvalue weighted by atomic mass is 32.2. The number of hydrogen-bond acceptors (Lipinski definition) is 3. The van der Waals surface area contributed by atoms with E-state index in [2.05, 4.69) is 9.71 Å². The van der Waals surface area contributed by atoms with E-state index in [9.17, 15) is 17.2 Å². The van der Waals surface area contributed by atoms with Crippen LogP contribution in [0.15, 0.2) is 71.6 Å². The van der Waals surface area contributed by atoms with E-state index in [0.29, 0.717) is 24.6 Å². The Kier molecular flexibility index (Phi) is 5.26. The van der Waals surface area contributed by atoms with Crippen LogP contribution in [0.5, 0.6) is 0 Å². The number of para-hydroxylation sites is 3. The Morgan fingerprint density at radius 3 is 2.47 bits per heavy atom. The lowest BCUT2D eigenvalue weighted by atomic mass is 10.1. The molecule has 1 heterocycles. The number of anilines is 1. The summed E-state index contributed by atoms with van der Waals surface area (Å²) >= 11 is 0. The first-order chi connectivity index (χ1) is 14.3. The zero-order valence-electron chi connectivity index (χ0n) is 16.1. The van der Waals surface area contributed by atoms with Crippen molar-refractivity contribution in [2.24, 2.45) is 7.05 Å². The quantitative estimate of drug-likeness (QED) is 0.495. The Morgan fingerprint density at radius 1 is 0.967 bits per heavy atom. The summed E-state index contributed by atoms with van der Waals surface area (Å²) in [6.45, 7) is 0. The van der Waals surface area contributed by atoms with E-state index >= 15 is 0 Å². The second kappa shape index (κ2) is 7.87. The minimum atomic E-state index is -4.21. The SMILES string of the molecule is Cn1c(CCc2ccccc2NS(=O)(=O)c2ccc(F)cc2F)nc2ccccc21. The van der Waals surface area contributed by atoms with Gasteiger partial charge in [0.25, 0.3) is 10.0 Å².